The van der Waals surface area contributed by atoms with Crippen LogP contribution in [0.3, 0.4) is 0 Å². The van der Waals surface area contributed by atoms with Crippen molar-refractivity contribution < 1.29 is 13.6 Å². The van der Waals surface area contributed by atoms with Gasteiger partial charge in [-0.2, -0.15) is 0 Å². The molecule has 1 spiro atoms. The van der Waals surface area contributed by atoms with Gasteiger partial charge in [0.05, 0.1) is 11.3 Å². The maximum absolute atomic E-state index is 14.1. The molecule has 2 saturated carbocycles. The molecule has 2 N–H and O–H groups in total. The molecule has 2 aliphatic carbocycles. The number of aromatic nitrogens is 1. The van der Waals surface area contributed by atoms with E-state index in [0.29, 0.717) is 16.7 Å². The number of nitrogens with one attached hydrogen (secondary N) is 2. The van der Waals surface area contributed by atoms with Crippen molar-refractivity contribution in [2.75, 3.05) is 24.5 Å². The van der Waals surface area contributed by atoms with Gasteiger partial charge in [-0.3, -0.25) is 9.78 Å². The van der Waals surface area contributed by atoms with Crippen molar-refractivity contribution in [3.05, 3.63) is 47.8 Å². The van der Waals surface area contributed by atoms with Gasteiger partial charge in [-0.15, -0.1) is 0 Å². The monoisotopic (exact) mass is 452 g/mol. The molecule has 2 aliphatic heterocycles. The topological polar surface area (TPSA) is 57.3 Å². The van der Waals surface area contributed by atoms with E-state index in [1.807, 2.05) is 0 Å². The average molecular weight is 453 g/mol. The first-order chi connectivity index (χ1) is 15.9. The lowest BCUT2D eigenvalue weighted by molar-refractivity contribution is 0.0901. The molecule has 2 aromatic rings. The highest BCUT2D eigenvalue weighted by atomic mass is 19.1. The highest BCUT2D eigenvalue weighted by molar-refractivity contribution is 6.03. The van der Waals surface area contributed by atoms with E-state index < -0.39 is 11.6 Å². The van der Waals surface area contributed by atoms with Crippen LogP contribution >= 0.6 is 0 Å². The molecule has 174 valence electrons. The van der Waals surface area contributed by atoms with Crippen molar-refractivity contribution in [2.45, 2.75) is 62.4 Å². The average Bonchev–Trinajstić information content (AvgIpc) is 3.59. The summed E-state index contributed by atoms with van der Waals surface area (Å²) in [5.74, 6) is -0.679. The Kier molecular flexibility index (Phi) is 4.94. The molecule has 0 radical (unpaired) electrons. The normalized spacial score (nSPS) is 30.5. The standard InChI is InChI=1S/C26H30F2N4O/c27-19-10-18(11-20(28)12-19)21-14-29-15-22(24(33)31-25-5-2-17(13-25)3-6-25)23(21)32-9-7-26(16-32)4-1-8-30-26/h10-12,14-15,17,30H,1-9,13,16H2,(H,31,33). The third kappa shape index (κ3) is 3.70. The Balaban J connectivity index is 1.41. The predicted octanol–water partition coefficient (Wildman–Crippen LogP) is 4.42. The summed E-state index contributed by atoms with van der Waals surface area (Å²) < 4.78 is 28.3. The van der Waals surface area contributed by atoms with Crippen molar-refractivity contribution >= 4 is 11.6 Å². The molecule has 3 heterocycles. The number of carbonyl (C=O) groups is 1. The number of hydrogen-bond acceptors (Lipinski definition) is 4. The smallest absolute Gasteiger partial charge is 0.255 e. The zero-order valence-electron chi connectivity index (χ0n) is 18.8. The molecule has 1 unspecified atom stereocenters. The molecule has 6 rings (SSSR count). The van der Waals surface area contributed by atoms with Crippen LogP contribution in [-0.4, -0.2) is 41.6 Å². The van der Waals surface area contributed by atoms with E-state index in [-0.39, 0.29) is 17.0 Å². The lowest BCUT2D eigenvalue weighted by atomic mass is 9.93. The van der Waals surface area contributed by atoms with Crippen LogP contribution in [0.2, 0.25) is 0 Å². The first kappa shape index (κ1) is 21.0. The van der Waals surface area contributed by atoms with Gasteiger partial charge in [-0.25, -0.2) is 8.78 Å². The van der Waals surface area contributed by atoms with Crippen LogP contribution in [0.15, 0.2) is 30.6 Å². The van der Waals surface area contributed by atoms with Gasteiger partial charge in [-0.1, -0.05) is 0 Å². The second-order valence-corrected chi connectivity index (χ2v) is 10.6. The number of anilines is 1. The number of halogens is 2. The molecular formula is C26H30F2N4O. The minimum absolute atomic E-state index is 0.0459. The van der Waals surface area contributed by atoms with E-state index >= 15 is 0 Å². The maximum Gasteiger partial charge on any atom is 0.255 e. The fourth-order valence-corrected chi connectivity index (χ4v) is 6.84. The summed E-state index contributed by atoms with van der Waals surface area (Å²) in [5, 5.41) is 7.02. The largest absolute Gasteiger partial charge is 0.368 e. The van der Waals surface area contributed by atoms with Crippen LogP contribution in [0.5, 0.6) is 0 Å². The molecule has 1 aromatic carbocycles. The van der Waals surface area contributed by atoms with Gasteiger partial charge >= 0.3 is 0 Å². The number of rotatable bonds is 4. The molecule has 1 amide bonds. The Hall–Kier alpha value is -2.54. The summed E-state index contributed by atoms with van der Waals surface area (Å²) in [6.07, 6.45) is 11.9. The van der Waals surface area contributed by atoms with E-state index in [4.69, 9.17) is 0 Å². The van der Waals surface area contributed by atoms with Gasteiger partial charge in [0.2, 0.25) is 0 Å². The van der Waals surface area contributed by atoms with Crippen LogP contribution in [0.25, 0.3) is 11.1 Å². The van der Waals surface area contributed by atoms with Crippen molar-refractivity contribution in [1.29, 1.82) is 0 Å². The fraction of sp³-hybridized carbons (Fsp3) is 0.538. The van der Waals surface area contributed by atoms with Crippen LogP contribution < -0.4 is 15.5 Å². The Morgan fingerprint density at radius 2 is 1.88 bits per heavy atom. The second-order valence-electron chi connectivity index (χ2n) is 10.6. The first-order valence-electron chi connectivity index (χ1n) is 12.2. The summed E-state index contributed by atoms with van der Waals surface area (Å²) in [6.45, 7) is 2.56. The number of nitrogens with zero attached hydrogens (tertiary/aromatic N) is 2. The minimum Gasteiger partial charge on any atom is -0.368 e. The van der Waals surface area contributed by atoms with Gasteiger partial charge in [-0.05, 0) is 81.5 Å². The van der Waals surface area contributed by atoms with Crippen LogP contribution in [-0.2, 0) is 0 Å². The maximum atomic E-state index is 14.1. The van der Waals surface area contributed by atoms with E-state index in [2.05, 4.69) is 20.5 Å². The summed E-state index contributed by atoms with van der Waals surface area (Å²) in [6, 6.07) is 3.51. The lowest BCUT2D eigenvalue weighted by Crippen LogP contribution is -2.46. The molecule has 4 aliphatic rings. The van der Waals surface area contributed by atoms with Crippen molar-refractivity contribution in [3.63, 3.8) is 0 Å². The molecule has 1 atom stereocenters. The molecular weight excluding hydrogens is 422 g/mol. The van der Waals surface area contributed by atoms with Gasteiger partial charge in [0.25, 0.3) is 5.91 Å². The number of carbonyl (C=O) groups excluding carboxylic acids is 1. The second kappa shape index (κ2) is 7.76. The number of pyridine rings is 1. The van der Waals surface area contributed by atoms with Gasteiger partial charge in [0, 0.05) is 48.2 Å². The fourth-order valence-electron chi connectivity index (χ4n) is 6.84. The number of hydrogen-bond donors (Lipinski definition) is 2. The highest BCUT2D eigenvalue weighted by Crippen LogP contribution is 2.48. The Morgan fingerprint density at radius 3 is 2.55 bits per heavy atom. The lowest BCUT2D eigenvalue weighted by Gasteiger charge is -2.31. The highest BCUT2D eigenvalue weighted by Gasteiger charge is 2.46. The van der Waals surface area contributed by atoms with E-state index in [1.54, 1.807) is 12.4 Å². The molecule has 7 heteroatoms. The summed E-state index contributed by atoms with van der Waals surface area (Å²) in [5.41, 5.74) is 2.18. The third-order valence-corrected chi connectivity index (χ3v) is 8.46. The molecule has 5 nitrogen and oxygen atoms in total. The van der Waals surface area contributed by atoms with Gasteiger partial charge in [0.1, 0.15) is 11.6 Å². The Morgan fingerprint density at radius 1 is 1.09 bits per heavy atom. The number of benzene rings is 1. The van der Waals surface area contributed by atoms with Crippen molar-refractivity contribution in [3.8, 4) is 11.1 Å². The summed E-state index contributed by atoms with van der Waals surface area (Å²) in [7, 11) is 0. The summed E-state index contributed by atoms with van der Waals surface area (Å²) in [4.78, 5) is 20.2. The van der Waals surface area contributed by atoms with Crippen LogP contribution in [0.1, 0.15) is 61.7 Å². The number of amides is 1. The van der Waals surface area contributed by atoms with E-state index in [1.165, 1.54) is 25.0 Å². The Bertz CT molecular complexity index is 1070. The quantitative estimate of drug-likeness (QED) is 0.721. The molecule has 4 fully saturated rings. The molecule has 1 aromatic heterocycles. The van der Waals surface area contributed by atoms with Crippen LogP contribution in [0.4, 0.5) is 14.5 Å². The minimum atomic E-state index is -0.636. The molecule has 2 saturated heterocycles. The van der Waals surface area contributed by atoms with E-state index in [0.717, 1.165) is 75.8 Å². The van der Waals surface area contributed by atoms with Crippen molar-refractivity contribution in [2.24, 2.45) is 5.92 Å². The SMILES string of the molecule is O=C(NC12CCC(CC1)C2)c1cncc(-c2cc(F)cc(F)c2)c1N1CCC2(CCCN2)C1. The summed E-state index contributed by atoms with van der Waals surface area (Å²) >= 11 is 0. The predicted molar refractivity (Wildman–Crippen MR) is 123 cm³/mol. The van der Waals surface area contributed by atoms with Gasteiger partial charge in [0.15, 0.2) is 0 Å². The Labute approximate surface area is 193 Å². The molecule has 2 bridgehead atoms. The molecule has 33 heavy (non-hydrogen) atoms. The zero-order valence-corrected chi connectivity index (χ0v) is 18.8. The van der Waals surface area contributed by atoms with Crippen LogP contribution in [0, 0.1) is 17.6 Å². The number of fused-ring (bicyclic) bond motifs is 2. The van der Waals surface area contributed by atoms with Gasteiger partial charge < -0.3 is 15.5 Å². The van der Waals surface area contributed by atoms with E-state index in [9.17, 15) is 13.6 Å². The third-order valence-electron chi connectivity index (χ3n) is 8.46. The first-order valence-corrected chi connectivity index (χ1v) is 12.2. The van der Waals surface area contributed by atoms with Crippen molar-refractivity contribution in [1.82, 2.24) is 15.6 Å². The zero-order chi connectivity index (χ0) is 22.6.